The summed E-state index contributed by atoms with van der Waals surface area (Å²) in [6.45, 7) is -0.380. The Bertz CT molecular complexity index is 959. The van der Waals surface area contributed by atoms with E-state index >= 15 is 0 Å². The molecule has 3 saturated carbocycles. The van der Waals surface area contributed by atoms with Crippen LogP contribution in [0.15, 0.2) is 18.2 Å². The molecule has 1 aliphatic heterocycles. The zero-order chi connectivity index (χ0) is 22.6. The predicted molar refractivity (Wildman–Crippen MR) is 117 cm³/mol. The molecule has 8 heteroatoms. The normalized spacial score (nSPS) is 33.5. The van der Waals surface area contributed by atoms with Gasteiger partial charge in [-0.25, -0.2) is 0 Å². The number of rotatable bonds is 5. The van der Waals surface area contributed by atoms with Gasteiger partial charge in [-0.1, -0.05) is 23.2 Å². The van der Waals surface area contributed by atoms with Crippen LogP contribution < -0.4 is 0 Å². The van der Waals surface area contributed by atoms with Crippen LogP contribution in [0.3, 0.4) is 0 Å². The summed E-state index contributed by atoms with van der Waals surface area (Å²) in [4.78, 5) is 52.4. The fraction of sp³-hybridized carbons (Fsp3) is 0.583. The Morgan fingerprint density at radius 3 is 2.16 bits per heavy atom. The van der Waals surface area contributed by atoms with Crippen molar-refractivity contribution in [1.82, 2.24) is 4.90 Å². The Hall–Kier alpha value is -1.92. The monoisotopic (exact) mass is 477 g/mol. The Morgan fingerprint density at radius 2 is 1.56 bits per heavy atom. The van der Waals surface area contributed by atoms with Crippen LogP contribution in [0.4, 0.5) is 0 Å². The van der Waals surface area contributed by atoms with Crippen molar-refractivity contribution in [2.24, 2.45) is 29.6 Å². The van der Waals surface area contributed by atoms with E-state index in [1.165, 1.54) is 17.0 Å². The minimum absolute atomic E-state index is 0.0173. The molecule has 4 aliphatic rings. The average molecular weight is 478 g/mol. The zero-order valence-corrected chi connectivity index (χ0v) is 19.1. The van der Waals surface area contributed by atoms with Gasteiger partial charge in [0.2, 0.25) is 17.6 Å². The van der Waals surface area contributed by atoms with Crippen molar-refractivity contribution in [2.45, 2.75) is 51.0 Å². The van der Waals surface area contributed by atoms with Gasteiger partial charge >= 0.3 is 5.97 Å². The van der Waals surface area contributed by atoms with Crippen LogP contribution in [0.2, 0.25) is 10.0 Å². The molecule has 1 aromatic carbocycles. The predicted octanol–water partition coefficient (Wildman–Crippen LogP) is 4.31. The standard InChI is InChI=1S/C24H25Cl2NO5/c25-15-5-8-17(18(26)10-15)19(28)11-32-24(31)12-3-6-16(7-4-12)27-22(29)20-13-1-2-14(9-13)21(20)23(27)30/h5,8,10,12-14,16,20-21H,1-4,6-7,9,11H2/t12?,13-,14-,16?,20+,21+/m0/s1. The van der Waals surface area contributed by atoms with Gasteiger partial charge in [0, 0.05) is 16.6 Å². The van der Waals surface area contributed by atoms with E-state index in [-0.39, 0.29) is 58.6 Å². The molecule has 2 amide bonds. The number of likely N-dealkylation sites (tertiary alicyclic amines) is 1. The molecule has 5 rings (SSSR count). The van der Waals surface area contributed by atoms with Gasteiger partial charge in [0.15, 0.2) is 6.61 Å². The third-order valence-corrected chi connectivity index (χ3v) is 8.48. The van der Waals surface area contributed by atoms with Gasteiger partial charge in [-0.15, -0.1) is 0 Å². The van der Waals surface area contributed by atoms with Crippen molar-refractivity contribution >= 4 is 46.8 Å². The number of carbonyl (C=O) groups excluding carboxylic acids is 4. The lowest BCUT2D eigenvalue weighted by Crippen LogP contribution is -2.44. The van der Waals surface area contributed by atoms with Crippen LogP contribution in [0.25, 0.3) is 0 Å². The van der Waals surface area contributed by atoms with E-state index < -0.39 is 5.97 Å². The minimum atomic E-state index is -0.420. The first kappa shape index (κ1) is 21.9. The summed E-state index contributed by atoms with van der Waals surface area (Å²) in [7, 11) is 0. The Morgan fingerprint density at radius 1 is 0.938 bits per heavy atom. The Labute approximate surface area is 196 Å². The van der Waals surface area contributed by atoms with E-state index in [1.807, 2.05) is 0 Å². The summed E-state index contributed by atoms with van der Waals surface area (Å²) in [5.74, 6) is -0.548. The molecule has 3 aliphatic carbocycles. The molecule has 1 aromatic rings. The Balaban J connectivity index is 1.14. The van der Waals surface area contributed by atoms with Crippen LogP contribution in [0, 0.1) is 29.6 Å². The van der Waals surface area contributed by atoms with Crippen LogP contribution in [0.1, 0.15) is 55.3 Å². The summed E-state index contributed by atoms with van der Waals surface area (Å²) >= 11 is 11.9. The number of carbonyl (C=O) groups is 4. The largest absolute Gasteiger partial charge is 0.457 e. The van der Waals surface area contributed by atoms with Crippen LogP contribution in [-0.4, -0.2) is 41.1 Å². The van der Waals surface area contributed by atoms with Crippen molar-refractivity contribution in [3.63, 3.8) is 0 Å². The lowest BCUT2D eigenvalue weighted by atomic mass is 9.81. The highest BCUT2D eigenvalue weighted by atomic mass is 35.5. The molecule has 0 aromatic heterocycles. The third-order valence-electron chi connectivity index (χ3n) is 7.93. The lowest BCUT2D eigenvalue weighted by Gasteiger charge is -2.33. The molecule has 0 unspecified atom stereocenters. The van der Waals surface area contributed by atoms with Gasteiger partial charge in [-0.2, -0.15) is 0 Å². The molecule has 0 radical (unpaired) electrons. The number of halogens is 2. The first-order chi connectivity index (χ1) is 15.3. The maximum Gasteiger partial charge on any atom is 0.309 e. The number of benzene rings is 1. The van der Waals surface area contributed by atoms with E-state index in [1.54, 1.807) is 6.07 Å². The highest BCUT2D eigenvalue weighted by Gasteiger charge is 2.61. The number of hydrogen-bond acceptors (Lipinski definition) is 5. The van der Waals surface area contributed by atoms with Gasteiger partial charge in [0.25, 0.3) is 0 Å². The molecule has 0 spiro atoms. The second kappa shape index (κ2) is 8.45. The second-order valence-corrected chi connectivity index (χ2v) is 10.4. The summed E-state index contributed by atoms with van der Waals surface area (Å²) in [6.07, 6.45) is 5.44. The number of imide groups is 1. The number of esters is 1. The number of amides is 2. The number of fused-ring (bicyclic) bond motifs is 5. The summed E-state index contributed by atoms with van der Waals surface area (Å²) in [5.41, 5.74) is 0.262. The Kier molecular flexibility index (Phi) is 5.79. The molecule has 4 atom stereocenters. The van der Waals surface area contributed by atoms with Crippen molar-refractivity contribution < 1.29 is 23.9 Å². The van der Waals surface area contributed by atoms with Gasteiger partial charge < -0.3 is 4.74 Å². The average Bonchev–Trinajstić information content (AvgIpc) is 3.46. The highest BCUT2D eigenvalue weighted by molar-refractivity contribution is 6.36. The quantitative estimate of drug-likeness (QED) is 0.358. The van der Waals surface area contributed by atoms with Crippen molar-refractivity contribution in [3.8, 4) is 0 Å². The number of hydrogen-bond donors (Lipinski definition) is 0. The zero-order valence-electron chi connectivity index (χ0n) is 17.6. The molecular weight excluding hydrogens is 453 g/mol. The first-order valence-electron chi connectivity index (χ1n) is 11.4. The highest BCUT2D eigenvalue weighted by Crippen LogP contribution is 2.56. The second-order valence-electron chi connectivity index (χ2n) is 9.59. The first-order valence-corrected chi connectivity index (χ1v) is 12.1. The molecule has 1 heterocycles. The molecule has 32 heavy (non-hydrogen) atoms. The minimum Gasteiger partial charge on any atom is -0.457 e. The number of ketones is 1. The fourth-order valence-corrected chi connectivity index (χ4v) is 6.92. The number of Topliss-reactive ketones (excluding diaryl/α,β-unsaturated/α-hetero) is 1. The van der Waals surface area contributed by atoms with Gasteiger partial charge in [-0.05, 0) is 75.0 Å². The van der Waals surface area contributed by atoms with Crippen molar-refractivity contribution in [2.75, 3.05) is 6.61 Å². The van der Waals surface area contributed by atoms with Crippen LogP contribution in [0.5, 0.6) is 0 Å². The van der Waals surface area contributed by atoms with E-state index in [4.69, 9.17) is 27.9 Å². The molecule has 6 nitrogen and oxygen atoms in total. The summed E-state index contributed by atoms with van der Waals surface area (Å²) < 4.78 is 5.26. The maximum atomic E-state index is 13.0. The summed E-state index contributed by atoms with van der Waals surface area (Å²) in [6, 6.07) is 4.42. The molecule has 170 valence electrons. The third kappa shape index (κ3) is 3.65. The molecular formula is C24H25Cl2NO5. The molecule has 2 bridgehead atoms. The SMILES string of the molecule is O=C(COC(=O)C1CCC(N2C(=O)[C@@H]3[C@H]4CC[C@@H](C4)[C@H]3C2=O)CC1)c1ccc(Cl)cc1Cl. The topological polar surface area (TPSA) is 80.8 Å². The lowest BCUT2D eigenvalue weighted by molar-refractivity contribution is -0.149. The van der Waals surface area contributed by atoms with Gasteiger partial charge in [0.1, 0.15) is 0 Å². The number of ether oxygens (including phenoxy) is 1. The van der Waals surface area contributed by atoms with Gasteiger partial charge in [-0.3, -0.25) is 24.1 Å². The van der Waals surface area contributed by atoms with Gasteiger partial charge in [0.05, 0.1) is 22.8 Å². The molecule has 4 fully saturated rings. The molecule has 1 saturated heterocycles. The molecule has 0 N–H and O–H groups in total. The van der Waals surface area contributed by atoms with E-state index in [0.29, 0.717) is 42.5 Å². The van der Waals surface area contributed by atoms with Crippen molar-refractivity contribution in [1.29, 1.82) is 0 Å². The maximum absolute atomic E-state index is 13.0. The van der Waals surface area contributed by atoms with E-state index in [2.05, 4.69) is 0 Å². The van der Waals surface area contributed by atoms with E-state index in [0.717, 1.165) is 19.3 Å². The van der Waals surface area contributed by atoms with Crippen molar-refractivity contribution in [3.05, 3.63) is 33.8 Å². The van der Waals surface area contributed by atoms with Crippen LogP contribution in [-0.2, 0) is 19.1 Å². The van der Waals surface area contributed by atoms with Crippen LogP contribution >= 0.6 is 23.2 Å². The fourth-order valence-electron chi connectivity index (χ4n) is 6.41. The van der Waals surface area contributed by atoms with E-state index in [9.17, 15) is 19.2 Å². The number of nitrogens with zero attached hydrogens (tertiary/aromatic N) is 1. The smallest absolute Gasteiger partial charge is 0.309 e. The summed E-state index contributed by atoms with van der Waals surface area (Å²) in [5, 5.41) is 0.642.